The molecular weight excluding hydrogens is 262 g/mol. The van der Waals surface area contributed by atoms with E-state index >= 15 is 0 Å². The van der Waals surface area contributed by atoms with Crippen molar-refractivity contribution in [1.29, 1.82) is 0 Å². The molecule has 3 heterocycles. The summed E-state index contributed by atoms with van der Waals surface area (Å²) in [6, 6.07) is 2.47. The van der Waals surface area contributed by atoms with Gasteiger partial charge < -0.3 is 4.98 Å². The summed E-state index contributed by atoms with van der Waals surface area (Å²) < 4.78 is 2.02. The number of H-pyrrole nitrogens is 1. The molecule has 1 aliphatic heterocycles. The summed E-state index contributed by atoms with van der Waals surface area (Å²) in [5, 5.41) is 4.29. The van der Waals surface area contributed by atoms with Crippen LogP contribution in [0.2, 0.25) is 0 Å². The molecule has 1 N–H and O–H groups in total. The van der Waals surface area contributed by atoms with E-state index in [1.807, 2.05) is 23.1 Å². The Hall–Kier alpha value is -1.62. The van der Waals surface area contributed by atoms with Gasteiger partial charge in [0.25, 0.3) is 0 Å². The standard InChI is InChI=1S/C16H23N5/c1-2-6-14-13(5-1)18-16(19-14)15-7-3-9-20(15)11-12-21-10-4-8-17-21/h4,8,10,15H,1-3,5-7,9,11-12H2,(H,18,19)/t15-/m1/s1. The maximum atomic E-state index is 4.91. The monoisotopic (exact) mass is 285 g/mol. The third-order valence-corrected chi connectivity index (χ3v) is 4.83. The first-order valence-electron chi connectivity index (χ1n) is 8.19. The quantitative estimate of drug-likeness (QED) is 0.938. The molecule has 0 aromatic carbocycles. The molecule has 1 saturated heterocycles. The van der Waals surface area contributed by atoms with Crippen molar-refractivity contribution in [2.24, 2.45) is 0 Å². The summed E-state index contributed by atoms with van der Waals surface area (Å²) in [5.74, 6) is 1.21. The Morgan fingerprint density at radius 3 is 3.00 bits per heavy atom. The maximum Gasteiger partial charge on any atom is 0.124 e. The van der Waals surface area contributed by atoms with Crippen molar-refractivity contribution in [1.82, 2.24) is 24.6 Å². The lowest BCUT2D eigenvalue weighted by Crippen LogP contribution is -2.28. The van der Waals surface area contributed by atoms with Crippen LogP contribution in [0.1, 0.15) is 48.9 Å². The highest BCUT2D eigenvalue weighted by Gasteiger charge is 2.29. The van der Waals surface area contributed by atoms with Crippen molar-refractivity contribution in [2.75, 3.05) is 13.1 Å². The van der Waals surface area contributed by atoms with Gasteiger partial charge in [-0.25, -0.2) is 4.98 Å². The van der Waals surface area contributed by atoms with Gasteiger partial charge in [0.15, 0.2) is 0 Å². The van der Waals surface area contributed by atoms with Crippen LogP contribution in [-0.4, -0.2) is 37.7 Å². The van der Waals surface area contributed by atoms with Gasteiger partial charge in [-0.3, -0.25) is 9.58 Å². The topological polar surface area (TPSA) is 49.7 Å². The van der Waals surface area contributed by atoms with Crippen LogP contribution < -0.4 is 0 Å². The zero-order chi connectivity index (χ0) is 14.1. The normalized spacial score (nSPS) is 22.6. The number of aromatic amines is 1. The van der Waals surface area contributed by atoms with Gasteiger partial charge in [0.2, 0.25) is 0 Å². The van der Waals surface area contributed by atoms with Gasteiger partial charge in [0, 0.05) is 24.6 Å². The summed E-state index contributed by atoms with van der Waals surface area (Å²) in [6.45, 7) is 3.19. The number of fused-ring (bicyclic) bond motifs is 1. The summed E-state index contributed by atoms with van der Waals surface area (Å²) in [7, 11) is 0. The fourth-order valence-corrected chi connectivity index (χ4v) is 3.70. The Morgan fingerprint density at radius 2 is 2.14 bits per heavy atom. The second-order valence-electron chi connectivity index (χ2n) is 6.22. The number of imidazole rings is 1. The first-order valence-corrected chi connectivity index (χ1v) is 8.19. The Balaban J connectivity index is 1.46. The minimum atomic E-state index is 0.478. The molecule has 0 radical (unpaired) electrons. The van der Waals surface area contributed by atoms with Crippen molar-refractivity contribution in [3.05, 3.63) is 35.7 Å². The lowest BCUT2D eigenvalue weighted by atomic mass is 10.0. The molecular formula is C16H23N5. The summed E-state index contributed by atoms with van der Waals surface area (Å²) in [5.41, 5.74) is 2.73. The van der Waals surface area contributed by atoms with E-state index in [0.29, 0.717) is 6.04 Å². The highest BCUT2D eigenvalue weighted by atomic mass is 15.3. The molecule has 0 spiro atoms. The largest absolute Gasteiger partial charge is 0.344 e. The van der Waals surface area contributed by atoms with E-state index in [-0.39, 0.29) is 0 Å². The number of rotatable bonds is 4. The van der Waals surface area contributed by atoms with Gasteiger partial charge >= 0.3 is 0 Å². The fraction of sp³-hybridized carbons (Fsp3) is 0.625. The molecule has 1 aliphatic carbocycles. The van der Waals surface area contributed by atoms with E-state index in [2.05, 4.69) is 15.0 Å². The molecule has 21 heavy (non-hydrogen) atoms. The number of nitrogens with one attached hydrogen (secondary N) is 1. The lowest BCUT2D eigenvalue weighted by molar-refractivity contribution is 0.236. The first kappa shape index (κ1) is 13.1. The number of hydrogen-bond acceptors (Lipinski definition) is 3. The van der Waals surface area contributed by atoms with E-state index < -0.39 is 0 Å². The molecule has 2 aromatic rings. The molecule has 0 saturated carbocycles. The Morgan fingerprint density at radius 1 is 1.19 bits per heavy atom. The molecule has 4 rings (SSSR count). The van der Waals surface area contributed by atoms with Gasteiger partial charge in [-0.2, -0.15) is 5.10 Å². The average Bonchev–Trinajstić information content (AvgIpc) is 3.24. The van der Waals surface area contributed by atoms with Crippen LogP contribution in [0.5, 0.6) is 0 Å². The average molecular weight is 285 g/mol. The first-order chi connectivity index (χ1) is 10.4. The number of hydrogen-bond donors (Lipinski definition) is 1. The van der Waals surface area contributed by atoms with Crippen LogP contribution in [0.25, 0.3) is 0 Å². The summed E-state index contributed by atoms with van der Waals surface area (Å²) >= 11 is 0. The molecule has 0 unspecified atom stereocenters. The number of aryl methyl sites for hydroxylation is 2. The smallest absolute Gasteiger partial charge is 0.124 e. The third-order valence-electron chi connectivity index (χ3n) is 4.83. The molecule has 1 atom stereocenters. The van der Waals surface area contributed by atoms with E-state index in [1.54, 1.807) is 0 Å². The zero-order valence-electron chi connectivity index (χ0n) is 12.5. The van der Waals surface area contributed by atoms with Gasteiger partial charge in [-0.1, -0.05) is 0 Å². The minimum absolute atomic E-state index is 0.478. The summed E-state index contributed by atoms with van der Waals surface area (Å²) in [6.07, 6.45) is 11.3. The number of nitrogens with zero attached hydrogens (tertiary/aromatic N) is 4. The Labute approximate surface area is 125 Å². The van der Waals surface area contributed by atoms with Crippen molar-refractivity contribution >= 4 is 0 Å². The van der Waals surface area contributed by atoms with Crippen LogP contribution in [0, 0.1) is 0 Å². The number of likely N-dealkylation sites (tertiary alicyclic amines) is 1. The molecule has 1 fully saturated rings. The van der Waals surface area contributed by atoms with Gasteiger partial charge in [-0.15, -0.1) is 0 Å². The van der Waals surface area contributed by atoms with Gasteiger partial charge in [-0.05, 0) is 51.1 Å². The van der Waals surface area contributed by atoms with Crippen molar-refractivity contribution in [2.45, 2.75) is 51.1 Å². The highest BCUT2D eigenvalue weighted by molar-refractivity contribution is 5.19. The molecule has 0 bridgehead atoms. The van der Waals surface area contributed by atoms with Gasteiger partial charge in [0.05, 0.1) is 18.3 Å². The van der Waals surface area contributed by atoms with Crippen LogP contribution in [0.15, 0.2) is 18.5 Å². The van der Waals surface area contributed by atoms with E-state index in [9.17, 15) is 0 Å². The van der Waals surface area contributed by atoms with Crippen LogP contribution in [-0.2, 0) is 19.4 Å². The Kier molecular flexibility index (Phi) is 3.51. The second kappa shape index (κ2) is 5.64. The van der Waals surface area contributed by atoms with E-state index in [1.165, 1.54) is 55.9 Å². The summed E-state index contributed by atoms with van der Waals surface area (Å²) in [4.78, 5) is 11.1. The van der Waals surface area contributed by atoms with Crippen molar-refractivity contribution in [3.8, 4) is 0 Å². The Bertz CT molecular complexity index is 562. The highest BCUT2D eigenvalue weighted by Crippen LogP contribution is 2.31. The van der Waals surface area contributed by atoms with Crippen molar-refractivity contribution < 1.29 is 0 Å². The fourth-order valence-electron chi connectivity index (χ4n) is 3.70. The predicted molar refractivity (Wildman–Crippen MR) is 81.0 cm³/mol. The van der Waals surface area contributed by atoms with Crippen LogP contribution >= 0.6 is 0 Å². The molecule has 0 amide bonds. The van der Waals surface area contributed by atoms with E-state index in [4.69, 9.17) is 4.98 Å². The minimum Gasteiger partial charge on any atom is -0.344 e. The second-order valence-corrected chi connectivity index (χ2v) is 6.22. The van der Waals surface area contributed by atoms with Crippen LogP contribution in [0.4, 0.5) is 0 Å². The predicted octanol–water partition coefficient (Wildman–Crippen LogP) is 2.32. The molecule has 2 aromatic heterocycles. The van der Waals surface area contributed by atoms with Gasteiger partial charge in [0.1, 0.15) is 5.82 Å². The van der Waals surface area contributed by atoms with Crippen molar-refractivity contribution in [3.63, 3.8) is 0 Å². The maximum absolute atomic E-state index is 4.91. The molecule has 112 valence electrons. The molecule has 5 heteroatoms. The molecule has 5 nitrogen and oxygen atoms in total. The zero-order valence-corrected chi connectivity index (χ0v) is 12.5. The number of aromatic nitrogens is 4. The lowest BCUT2D eigenvalue weighted by Gasteiger charge is -2.22. The third kappa shape index (κ3) is 2.62. The molecule has 2 aliphatic rings. The van der Waals surface area contributed by atoms with Crippen LogP contribution in [0.3, 0.4) is 0 Å². The van der Waals surface area contributed by atoms with E-state index in [0.717, 1.165) is 19.5 Å². The SMILES string of the molecule is c1cnn(CCN2CCC[C@@H]2c2nc3c([nH]2)CCCC3)c1.